The highest BCUT2D eigenvalue weighted by Gasteiger charge is 2.44. The van der Waals surface area contributed by atoms with Crippen LogP contribution in [0.25, 0.3) is 0 Å². The third-order valence-electron chi connectivity index (χ3n) is 3.81. The van der Waals surface area contributed by atoms with Gasteiger partial charge in [-0.15, -0.1) is 0 Å². The Morgan fingerprint density at radius 1 is 1.16 bits per heavy atom. The van der Waals surface area contributed by atoms with E-state index in [1.807, 2.05) is 0 Å². The molecule has 10 heteroatoms. The fraction of sp³-hybridized carbons (Fsp3) is 0.867. The fourth-order valence-corrected chi connectivity index (χ4v) is 4.40. The predicted molar refractivity (Wildman–Crippen MR) is 95.0 cm³/mol. The van der Waals surface area contributed by atoms with E-state index in [9.17, 15) is 18.0 Å². The summed E-state index contributed by atoms with van der Waals surface area (Å²) < 4.78 is 33.2. The molecule has 0 aliphatic carbocycles. The van der Waals surface area contributed by atoms with Gasteiger partial charge in [0.1, 0.15) is 11.6 Å². The SMILES string of the molecule is CC(C)(C)OC(=O)N1C[C@H](OS(C)(=O)=O)C[C@H]1C(=O)N1CCSCC1. The molecule has 2 amide bonds. The predicted octanol–water partition coefficient (Wildman–Crippen LogP) is 0.916. The minimum Gasteiger partial charge on any atom is -0.444 e. The van der Waals surface area contributed by atoms with E-state index in [4.69, 9.17) is 8.92 Å². The summed E-state index contributed by atoms with van der Waals surface area (Å²) in [7, 11) is -3.67. The first-order valence-corrected chi connectivity index (χ1v) is 11.2. The summed E-state index contributed by atoms with van der Waals surface area (Å²) in [6.07, 6.45) is -0.260. The summed E-state index contributed by atoms with van der Waals surface area (Å²) in [5.41, 5.74) is -0.706. The van der Waals surface area contributed by atoms with Gasteiger partial charge in [-0.3, -0.25) is 13.9 Å². The zero-order valence-electron chi connectivity index (χ0n) is 15.1. The second-order valence-corrected chi connectivity index (χ2v) is 10.1. The lowest BCUT2D eigenvalue weighted by molar-refractivity contribution is -0.135. The average molecular weight is 395 g/mol. The lowest BCUT2D eigenvalue weighted by Crippen LogP contribution is -2.50. The van der Waals surface area contributed by atoms with Gasteiger partial charge in [0.2, 0.25) is 5.91 Å². The van der Waals surface area contributed by atoms with Crippen molar-refractivity contribution >= 4 is 33.9 Å². The van der Waals surface area contributed by atoms with E-state index in [1.54, 1.807) is 37.4 Å². The van der Waals surface area contributed by atoms with Crippen LogP contribution in [0, 0.1) is 0 Å². The standard InChI is InChI=1S/C15H26N2O6S2/c1-15(2,3)22-14(19)17-10-11(23-25(4,20)21)9-12(17)13(18)16-5-7-24-8-6-16/h11-12H,5-10H2,1-4H3/t11-,12+/m1/s1. The van der Waals surface area contributed by atoms with E-state index in [-0.39, 0.29) is 18.9 Å². The number of carbonyl (C=O) groups excluding carboxylic acids is 2. The first-order valence-electron chi connectivity index (χ1n) is 8.21. The Labute approximate surface area is 153 Å². The van der Waals surface area contributed by atoms with E-state index in [2.05, 4.69) is 0 Å². The summed E-state index contributed by atoms with van der Waals surface area (Å²) in [5.74, 6) is 1.54. The quantitative estimate of drug-likeness (QED) is 0.657. The molecule has 2 aliphatic heterocycles. The Kier molecular flexibility index (Phi) is 6.26. The van der Waals surface area contributed by atoms with Crippen LogP contribution in [0.3, 0.4) is 0 Å². The first kappa shape index (κ1) is 20.3. The van der Waals surface area contributed by atoms with E-state index in [0.29, 0.717) is 13.1 Å². The molecule has 8 nitrogen and oxygen atoms in total. The monoisotopic (exact) mass is 394 g/mol. The van der Waals surface area contributed by atoms with E-state index in [1.165, 1.54) is 4.90 Å². The van der Waals surface area contributed by atoms with Gasteiger partial charge in [-0.1, -0.05) is 0 Å². The van der Waals surface area contributed by atoms with E-state index >= 15 is 0 Å². The number of rotatable bonds is 3. The van der Waals surface area contributed by atoms with Crippen molar-refractivity contribution in [3.05, 3.63) is 0 Å². The first-order chi connectivity index (χ1) is 11.5. The zero-order valence-corrected chi connectivity index (χ0v) is 16.7. The van der Waals surface area contributed by atoms with Crippen molar-refractivity contribution in [3.63, 3.8) is 0 Å². The molecule has 0 spiro atoms. The second kappa shape index (κ2) is 7.71. The second-order valence-electron chi connectivity index (χ2n) is 7.24. The summed E-state index contributed by atoms with van der Waals surface area (Å²) in [5, 5.41) is 0. The van der Waals surface area contributed by atoms with E-state index in [0.717, 1.165) is 17.8 Å². The lowest BCUT2D eigenvalue weighted by atomic mass is 10.1. The Bertz CT molecular complexity index is 610. The number of hydrogen-bond donors (Lipinski definition) is 0. The molecule has 0 aromatic carbocycles. The maximum Gasteiger partial charge on any atom is 0.411 e. The van der Waals surface area contributed by atoms with Gasteiger partial charge in [-0.2, -0.15) is 20.2 Å². The number of hydrogen-bond acceptors (Lipinski definition) is 7. The number of nitrogens with zero attached hydrogens (tertiary/aromatic N) is 2. The molecule has 0 unspecified atom stereocenters. The van der Waals surface area contributed by atoms with Gasteiger partial charge in [0.15, 0.2) is 0 Å². The maximum absolute atomic E-state index is 12.9. The molecule has 0 aromatic rings. The fourth-order valence-electron chi connectivity index (χ4n) is 2.87. The van der Waals surface area contributed by atoms with Crippen molar-refractivity contribution in [2.24, 2.45) is 0 Å². The highest BCUT2D eigenvalue weighted by atomic mass is 32.2. The number of thioether (sulfide) groups is 1. The number of amides is 2. The molecule has 2 atom stereocenters. The van der Waals surface area contributed by atoms with Gasteiger partial charge in [0.25, 0.3) is 10.1 Å². The van der Waals surface area contributed by atoms with Crippen LogP contribution < -0.4 is 0 Å². The van der Waals surface area contributed by atoms with Crippen molar-refractivity contribution in [1.82, 2.24) is 9.80 Å². The third-order valence-corrected chi connectivity index (χ3v) is 5.37. The van der Waals surface area contributed by atoms with Gasteiger partial charge in [-0.25, -0.2) is 4.79 Å². The number of likely N-dealkylation sites (tertiary alicyclic amines) is 1. The topological polar surface area (TPSA) is 93.2 Å². The Hall–Kier alpha value is -1.00. The minimum absolute atomic E-state index is 0.0149. The van der Waals surface area contributed by atoms with Gasteiger partial charge < -0.3 is 9.64 Å². The molecule has 2 rings (SSSR count). The molecule has 144 valence electrons. The molecule has 2 aliphatic rings. The smallest absolute Gasteiger partial charge is 0.411 e. The van der Waals surface area contributed by atoms with Gasteiger partial charge in [0.05, 0.1) is 18.9 Å². The Morgan fingerprint density at radius 3 is 2.28 bits per heavy atom. The molecular weight excluding hydrogens is 368 g/mol. The van der Waals surface area contributed by atoms with Crippen LogP contribution in [0.5, 0.6) is 0 Å². The van der Waals surface area contributed by atoms with Crippen molar-refractivity contribution in [2.75, 3.05) is 37.4 Å². The van der Waals surface area contributed by atoms with Crippen LogP contribution in [0.1, 0.15) is 27.2 Å². The largest absolute Gasteiger partial charge is 0.444 e. The third kappa shape index (κ3) is 6.03. The molecule has 2 heterocycles. The van der Waals surface area contributed by atoms with Crippen LogP contribution in [-0.4, -0.2) is 85.4 Å². The van der Waals surface area contributed by atoms with Crippen molar-refractivity contribution in [2.45, 2.75) is 44.9 Å². The average Bonchev–Trinajstić information content (AvgIpc) is 2.87. The molecule has 2 saturated heterocycles. The van der Waals surface area contributed by atoms with Gasteiger partial charge in [0, 0.05) is 31.0 Å². The van der Waals surface area contributed by atoms with Gasteiger partial charge >= 0.3 is 6.09 Å². The molecule has 0 aromatic heterocycles. The van der Waals surface area contributed by atoms with Crippen LogP contribution in [0.4, 0.5) is 4.79 Å². The highest BCUT2D eigenvalue weighted by molar-refractivity contribution is 7.99. The van der Waals surface area contributed by atoms with Crippen LogP contribution in [-0.2, 0) is 23.8 Å². The van der Waals surface area contributed by atoms with E-state index < -0.39 is 34.0 Å². The maximum atomic E-state index is 12.9. The molecule has 0 saturated carbocycles. The van der Waals surface area contributed by atoms with Crippen LogP contribution in [0.2, 0.25) is 0 Å². The molecule has 0 radical (unpaired) electrons. The molecule has 25 heavy (non-hydrogen) atoms. The molecule has 0 bridgehead atoms. The molecule has 0 N–H and O–H groups in total. The van der Waals surface area contributed by atoms with Crippen molar-refractivity contribution in [1.29, 1.82) is 0 Å². The Morgan fingerprint density at radius 2 is 1.76 bits per heavy atom. The summed E-state index contributed by atoms with van der Waals surface area (Å²) in [6, 6.07) is -0.760. The van der Waals surface area contributed by atoms with Crippen molar-refractivity contribution in [3.8, 4) is 0 Å². The van der Waals surface area contributed by atoms with Crippen LogP contribution in [0.15, 0.2) is 0 Å². The van der Waals surface area contributed by atoms with Crippen LogP contribution >= 0.6 is 11.8 Å². The summed E-state index contributed by atoms with van der Waals surface area (Å²) >= 11 is 1.78. The Balaban J connectivity index is 2.15. The molecular formula is C15H26N2O6S2. The number of ether oxygens (including phenoxy) is 1. The number of carbonyl (C=O) groups is 2. The normalized spacial score (nSPS) is 25.1. The summed E-state index contributed by atoms with van der Waals surface area (Å²) in [6.45, 7) is 6.49. The van der Waals surface area contributed by atoms with Crippen molar-refractivity contribution < 1.29 is 26.9 Å². The van der Waals surface area contributed by atoms with Gasteiger partial charge in [-0.05, 0) is 20.8 Å². The highest BCUT2D eigenvalue weighted by Crippen LogP contribution is 2.26. The minimum atomic E-state index is -3.67. The summed E-state index contributed by atoms with van der Waals surface area (Å²) in [4.78, 5) is 28.4. The molecule has 2 fully saturated rings. The zero-order chi connectivity index (χ0) is 18.8. The lowest BCUT2D eigenvalue weighted by Gasteiger charge is -2.33.